The Morgan fingerprint density at radius 1 is 1.33 bits per heavy atom. The first-order chi connectivity index (χ1) is 11.6. The lowest BCUT2D eigenvalue weighted by molar-refractivity contribution is -0.131. The smallest absolute Gasteiger partial charge is 0.226 e. The molecule has 0 unspecified atom stereocenters. The van der Waals surface area contributed by atoms with Gasteiger partial charge in [-0.25, -0.2) is 0 Å². The number of para-hydroxylation sites is 2. The molecule has 1 amide bonds. The monoisotopic (exact) mass is 331 g/mol. The van der Waals surface area contributed by atoms with E-state index < -0.39 is 0 Å². The number of carbonyl (C=O) groups is 1. The van der Waals surface area contributed by atoms with E-state index in [2.05, 4.69) is 10.1 Å². The van der Waals surface area contributed by atoms with Crippen LogP contribution in [-0.4, -0.2) is 47.3 Å². The Bertz CT molecular complexity index is 701. The number of ether oxygens (including phenoxy) is 2. The van der Waals surface area contributed by atoms with Gasteiger partial charge in [-0.2, -0.15) is 4.98 Å². The van der Waals surface area contributed by atoms with Crippen molar-refractivity contribution in [3.05, 3.63) is 36.0 Å². The van der Waals surface area contributed by atoms with Crippen molar-refractivity contribution in [2.45, 2.75) is 32.3 Å². The van der Waals surface area contributed by atoms with E-state index in [4.69, 9.17) is 14.0 Å². The zero-order chi connectivity index (χ0) is 16.9. The van der Waals surface area contributed by atoms with Gasteiger partial charge in [-0.15, -0.1) is 0 Å². The maximum absolute atomic E-state index is 12.2. The van der Waals surface area contributed by atoms with Crippen LogP contribution in [0.25, 0.3) is 0 Å². The average Bonchev–Trinajstić information content (AvgIpc) is 3.00. The average molecular weight is 331 g/mol. The summed E-state index contributed by atoms with van der Waals surface area (Å²) < 4.78 is 16.6. The van der Waals surface area contributed by atoms with E-state index in [1.54, 1.807) is 18.9 Å². The molecule has 0 saturated carbocycles. The largest absolute Gasteiger partial charge is 0.486 e. The number of nitrogens with zero attached hydrogens (tertiary/aromatic N) is 3. The first-order valence-corrected chi connectivity index (χ1v) is 8.03. The minimum absolute atomic E-state index is 0.0636. The van der Waals surface area contributed by atoms with Gasteiger partial charge < -0.3 is 18.9 Å². The molecule has 1 aromatic heterocycles. The van der Waals surface area contributed by atoms with Gasteiger partial charge in [0.25, 0.3) is 0 Å². The predicted molar refractivity (Wildman–Crippen MR) is 86.0 cm³/mol. The van der Waals surface area contributed by atoms with Crippen molar-refractivity contribution >= 4 is 5.91 Å². The van der Waals surface area contributed by atoms with E-state index in [1.165, 1.54) is 0 Å². The van der Waals surface area contributed by atoms with Crippen LogP contribution in [-0.2, 0) is 11.2 Å². The molecule has 0 aliphatic carbocycles. The van der Waals surface area contributed by atoms with Crippen LogP contribution in [0.15, 0.2) is 28.8 Å². The van der Waals surface area contributed by atoms with Gasteiger partial charge in [-0.05, 0) is 25.5 Å². The summed E-state index contributed by atoms with van der Waals surface area (Å²) in [7, 11) is 1.78. The standard InChI is InChI=1S/C17H21N3O4/c1-12-18-16(24-19-12)8-5-9-17(21)20(2)10-13-11-22-14-6-3-4-7-15(14)23-13/h3-4,6-7,13H,5,8-11H2,1-2H3/t13-/m1/s1. The fourth-order valence-electron chi connectivity index (χ4n) is 2.58. The summed E-state index contributed by atoms with van der Waals surface area (Å²) in [6.07, 6.45) is 1.56. The zero-order valence-electron chi connectivity index (χ0n) is 13.9. The molecule has 3 rings (SSSR count). The SMILES string of the molecule is Cc1noc(CCCC(=O)N(C)C[C@@H]2COc3ccccc3O2)n1. The van der Waals surface area contributed by atoms with Gasteiger partial charge in [0.2, 0.25) is 11.8 Å². The normalized spacial score (nSPS) is 16.0. The van der Waals surface area contributed by atoms with Crippen LogP contribution in [0.5, 0.6) is 11.5 Å². The molecule has 7 heteroatoms. The second-order valence-electron chi connectivity index (χ2n) is 5.86. The summed E-state index contributed by atoms with van der Waals surface area (Å²) in [5, 5.41) is 3.73. The Morgan fingerprint density at radius 2 is 2.12 bits per heavy atom. The van der Waals surface area contributed by atoms with Gasteiger partial charge in [0.15, 0.2) is 23.4 Å². The first-order valence-electron chi connectivity index (χ1n) is 8.03. The number of rotatable bonds is 6. The van der Waals surface area contributed by atoms with Crippen molar-refractivity contribution in [3.63, 3.8) is 0 Å². The topological polar surface area (TPSA) is 77.7 Å². The van der Waals surface area contributed by atoms with Crippen LogP contribution in [0.2, 0.25) is 0 Å². The Balaban J connectivity index is 1.43. The Hall–Kier alpha value is -2.57. The Morgan fingerprint density at radius 3 is 2.88 bits per heavy atom. The van der Waals surface area contributed by atoms with Crippen molar-refractivity contribution in [2.24, 2.45) is 0 Å². The Labute approximate surface area is 140 Å². The molecule has 0 radical (unpaired) electrons. The molecule has 0 bridgehead atoms. The highest BCUT2D eigenvalue weighted by atomic mass is 16.6. The Kier molecular flexibility index (Phi) is 4.98. The molecule has 2 aromatic rings. The van der Waals surface area contributed by atoms with Gasteiger partial charge in [-0.1, -0.05) is 17.3 Å². The van der Waals surface area contributed by atoms with E-state index in [0.717, 1.165) is 11.5 Å². The second-order valence-corrected chi connectivity index (χ2v) is 5.86. The molecule has 7 nitrogen and oxygen atoms in total. The van der Waals surface area contributed by atoms with Gasteiger partial charge in [0, 0.05) is 19.9 Å². The quantitative estimate of drug-likeness (QED) is 0.806. The van der Waals surface area contributed by atoms with E-state index in [0.29, 0.717) is 44.1 Å². The van der Waals surface area contributed by atoms with Crippen LogP contribution in [0, 0.1) is 6.92 Å². The number of hydrogen-bond donors (Lipinski definition) is 0. The fraction of sp³-hybridized carbons (Fsp3) is 0.471. The van der Waals surface area contributed by atoms with Crippen molar-refractivity contribution in [2.75, 3.05) is 20.2 Å². The van der Waals surface area contributed by atoms with Crippen molar-refractivity contribution in [1.29, 1.82) is 0 Å². The van der Waals surface area contributed by atoms with Crippen molar-refractivity contribution in [3.8, 4) is 11.5 Å². The molecule has 2 heterocycles. The molecule has 1 aliphatic rings. The molecule has 24 heavy (non-hydrogen) atoms. The molecular weight excluding hydrogens is 310 g/mol. The highest BCUT2D eigenvalue weighted by molar-refractivity contribution is 5.75. The zero-order valence-corrected chi connectivity index (χ0v) is 13.9. The third-order valence-corrected chi connectivity index (χ3v) is 3.82. The van der Waals surface area contributed by atoms with E-state index in [1.807, 2.05) is 24.3 Å². The lowest BCUT2D eigenvalue weighted by Crippen LogP contribution is -2.41. The third-order valence-electron chi connectivity index (χ3n) is 3.82. The molecule has 0 spiro atoms. The van der Waals surface area contributed by atoms with Crippen molar-refractivity contribution in [1.82, 2.24) is 15.0 Å². The number of fused-ring (bicyclic) bond motifs is 1. The molecule has 128 valence electrons. The third kappa shape index (κ3) is 4.04. The number of hydrogen-bond acceptors (Lipinski definition) is 6. The lowest BCUT2D eigenvalue weighted by atomic mass is 10.2. The van der Waals surface area contributed by atoms with Crippen LogP contribution < -0.4 is 9.47 Å². The lowest BCUT2D eigenvalue weighted by Gasteiger charge is -2.29. The number of aromatic nitrogens is 2. The highest BCUT2D eigenvalue weighted by Gasteiger charge is 2.23. The fourth-order valence-corrected chi connectivity index (χ4v) is 2.58. The summed E-state index contributed by atoms with van der Waals surface area (Å²) in [6, 6.07) is 7.55. The van der Waals surface area contributed by atoms with Gasteiger partial charge in [0.05, 0.1) is 6.54 Å². The molecule has 0 fully saturated rings. The number of aryl methyl sites for hydroxylation is 2. The van der Waals surface area contributed by atoms with Crippen LogP contribution >= 0.6 is 0 Å². The summed E-state index contributed by atoms with van der Waals surface area (Å²) >= 11 is 0. The van der Waals surface area contributed by atoms with Crippen LogP contribution in [0.1, 0.15) is 24.6 Å². The van der Waals surface area contributed by atoms with Crippen LogP contribution in [0.3, 0.4) is 0 Å². The van der Waals surface area contributed by atoms with E-state index in [-0.39, 0.29) is 12.0 Å². The number of amides is 1. The van der Waals surface area contributed by atoms with E-state index in [9.17, 15) is 4.79 Å². The number of carbonyl (C=O) groups excluding carboxylic acids is 1. The maximum atomic E-state index is 12.2. The molecule has 1 atom stereocenters. The summed E-state index contributed by atoms with van der Waals surface area (Å²) in [5.41, 5.74) is 0. The van der Waals surface area contributed by atoms with Crippen LogP contribution in [0.4, 0.5) is 0 Å². The molecule has 0 saturated heterocycles. The summed E-state index contributed by atoms with van der Waals surface area (Å²) in [6.45, 7) is 2.71. The molecule has 1 aliphatic heterocycles. The first kappa shape index (κ1) is 16.3. The summed E-state index contributed by atoms with van der Waals surface area (Å²) in [4.78, 5) is 18.0. The van der Waals surface area contributed by atoms with Gasteiger partial charge >= 0.3 is 0 Å². The second kappa shape index (κ2) is 7.33. The molecular formula is C17H21N3O4. The van der Waals surface area contributed by atoms with Crippen molar-refractivity contribution < 1.29 is 18.8 Å². The van der Waals surface area contributed by atoms with E-state index >= 15 is 0 Å². The van der Waals surface area contributed by atoms with Gasteiger partial charge in [0.1, 0.15) is 6.61 Å². The number of likely N-dealkylation sites (N-methyl/N-ethyl adjacent to an activating group) is 1. The molecule has 1 aromatic carbocycles. The predicted octanol–water partition coefficient (Wildman–Crippen LogP) is 2.00. The minimum atomic E-state index is -0.160. The number of benzene rings is 1. The maximum Gasteiger partial charge on any atom is 0.226 e. The highest BCUT2D eigenvalue weighted by Crippen LogP contribution is 2.30. The summed E-state index contributed by atoms with van der Waals surface area (Å²) in [5.74, 6) is 2.72. The van der Waals surface area contributed by atoms with Gasteiger partial charge in [-0.3, -0.25) is 4.79 Å². The molecule has 0 N–H and O–H groups in total. The minimum Gasteiger partial charge on any atom is -0.486 e.